The molecule has 0 aromatic heterocycles. The summed E-state index contributed by atoms with van der Waals surface area (Å²) in [6.45, 7) is 18.3. The van der Waals surface area contributed by atoms with Crippen LogP contribution in [0.5, 0.6) is 0 Å². The first kappa shape index (κ1) is 54.2. The Morgan fingerprint density at radius 3 is 1.36 bits per heavy atom. The van der Waals surface area contributed by atoms with Crippen molar-refractivity contribution in [1.29, 1.82) is 0 Å². The van der Waals surface area contributed by atoms with Crippen molar-refractivity contribution >= 4 is 42.5 Å². The Morgan fingerprint density at radius 2 is 0.957 bits per heavy atom. The monoisotopic (exact) mass is 1020 g/mol. The number of fused-ring (bicyclic) bond motifs is 10. The van der Waals surface area contributed by atoms with Crippen LogP contribution in [0.15, 0.2) is 126 Å². The summed E-state index contributed by atoms with van der Waals surface area (Å²) in [6, 6.07) is 32.7. The fourth-order valence-corrected chi connectivity index (χ4v) is 23.2. The summed E-state index contributed by atoms with van der Waals surface area (Å²) >= 11 is 4.35. The van der Waals surface area contributed by atoms with Crippen molar-refractivity contribution in [2.45, 2.75) is 184 Å². The van der Waals surface area contributed by atoms with Gasteiger partial charge < -0.3 is 10.2 Å². The molecule has 5 heteroatoms. The van der Waals surface area contributed by atoms with Gasteiger partial charge in [-0.1, -0.05) is 77.5 Å². The molecular weight excluding hydrogens is 928 g/mol. The Kier molecular flexibility index (Phi) is 15.4. The number of rotatable bonds is 4. The number of Topliss-reactive ketones (excluding diaryl/α,β-unsaturated/α-hetero) is 1. The summed E-state index contributed by atoms with van der Waals surface area (Å²) in [5.41, 5.74) is 5.29. The predicted molar refractivity (Wildman–Crippen MR) is 301 cm³/mol. The first-order valence-corrected chi connectivity index (χ1v) is 31.1. The van der Waals surface area contributed by atoms with Crippen LogP contribution in [-0.4, -0.2) is 33.4 Å². The fraction of sp³-hybridized carbons (Fsp3) is 0.609. The molecule has 8 aliphatic carbocycles. The zero-order valence-corrected chi connectivity index (χ0v) is 45.0. The fourth-order valence-electron chi connectivity index (χ4n) is 16.7. The molecule has 3 aromatic carbocycles. The normalized spacial score (nSPS) is 39.6. The molecule has 8 aliphatic rings. The Bertz CT molecular complexity index is 2280. The third kappa shape index (κ3) is 8.94. The van der Waals surface area contributed by atoms with E-state index in [1.807, 2.05) is 6.92 Å². The molecular formula is C64H92BrO3P. The molecule has 2 N–H and O–H groups in total. The van der Waals surface area contributed by atoms with E-state index in [9.17, 15) is 15.0 Å². The largest absolute Gasteiger partial charge is 0.390 e. The third-order valence-corrected chi connectivity index (χ3v) is 31.5. The van der Waals surface area contributed by atoms with Gasteiger partial charge in [-0.15, -0.1) is 0 Å². The molecule has 11 rings (SSSR count). The standard InChI is InChI=1S/C22H34O.C20H20BrP.C20H30O2.2CH4/c1-5-15-7-9-18-17-8-6-16-14-20(2,23)12-13-22(16,4)19(17)10-11-21(15,18)3;1-2-22(21,18-12-6-3-7-13-18,19-14-8-4-9-15-19)20-16-10-5-11-17-20;1-18(22)10-11-19(2)13(12-18)4-5-14-15-6-7-17(21)20(15,3)9-8-16(14)19;;/h5,10,16-18,23H,6-9,11-14H2,1-4H3;3-17H,2H2,1H3;8,13-15,22H,4-7,9-12H2,1-3H3;2*1H4/b15-5-;;;;/t16-,17-,18-,20+,21+,22-;;13-,14-,15-,18+,19-,20-;;/m0.0../s1. The third-order valence-electron chi connectivity index (χ3n) is 21.0. The van der Waals surface area contributed by atoms with Gasteiger partial charge in [0, 0.05) is 11.8 Å². The summed E-state index contributed by atoms with van der Waals surface area (Å²) in [5, 5.41) is 22.6. The molecule has 0 aliphatic heterocycles. The SMILES string of the molecule is C.C.C/C=C1/CC[C@H]2[C@@H]3CC[C@H]4C[C@](C)(O)CC[C@]4(C)C3=CC[C@]12C.CCP(Br)(c1ccccc1)(c1ccccc1)c1ccccc1.C[C@@]1(O)CC[C@]2(C)C3=CC[C@]4(C)C(=O)CC[C@H]4[C@@H]3CC[C@H]2C1. The molecule has 3 nitrogen and oxygen atoms in total. The van der Waals surface area contributed by atoms with Gasteiger partial charge in [0.2, 0.25) is 0 Å². The second-order valence-corrected chi connectivity index (χ2v) is 33.8. The number of halogens is 1. The molecule has 0 amide bonds. The molecule has 0 unspecified atom stereocenters. The van der Waals surface area contributed by atoms with Gasteiger partial charge in [-0.25, -0.2) is 0 Å². The number of benzene rings is 3. The molecule has 0 spiro atoms. The summed E-state index contributed by atoms with van der Waals surface area (Å²) in [4.78, 5) is 12.4. The summed E-state index contributed by atoms with van der Waals surface area (Å²) in [7, 11) is 0. The van der Waals surface area contributed by atoms with Gasteiger partial charge >= 0.3 is 141 Å². The van der Waals surface area contributed by atoms with E-state index in [0.717, 1.165) is 69.4 Å². The van der Waals surface area contributed by atoms with E-state index in [0.29, 0.717) is 40.3 Å². The van der Waals surface area contributed by atoms with Crippen molar-refractivity contribution in [3.63, 3.8) is 0 Å². The number of aliphatic hydroxyl groups is 2. The molecule has 0 bridgehead atoms. The van der Waals surface area contributed by atoms with Crippen molar-refractivity contribution in [2.75, 3.05) is 6.16 Å². The molecule has 0 radical (unpaired) electrons. The minimum absolute atomic E-state index is 0. The van der Waals surface area contributed by atoms with E-state index in [-0.39, 0.29) is 25.7 Å². The molecule has 12 atom stereocenters. The molecule has 0 heterocycles. The Labute approximate surface area is 428 Å². The first-order chi connectivity index (χ1) is 31.8. The van der Waals surface area contributed by atoms with E-state index >= 15 is 0 Å². The van der Waals surface area contributed by atoms with Crippen LogP contribution in [0.1, 0.15) is 173 Å². The molecule has 69 heavy (non-hydrogen) atoms. The van der Waals surface area contributed by atoms with Crippen LogP contribution in [0.4, 0.5) is 0 Å². The van der Waals surface area contributed by atoms with Crippen molar-refractivity contribution in [3.8, 4) is 0 Å². The summed E-state index contributed by atoms with van der Waals surface area (Å²) in [6.07, 6.45) is 26.7. The van der Waals surface area contributed by atoms with Gasteiger partial charge in [-0.05, 0) is 169 Å². The van der Waals surface area contributed by atoms with Crippen LogP contribution in [0.2, 0.25) is 0 Å². The minimum Gasteiger partial charge on any atom is -0.390 e. The van der Waals surface area contributed by atoms with E-state index in [1.165, 1.54) is 67.3 Å². The molecule has 0 saturated heterocycles. The Balaban J connectivity index is 0.000000151. The van der Waals surface area contributed by atoms with Crippen LogP contribution < -0.4 is 15.9 Å². The quantitative estimate of drug-likeness (QED) is 0.202. The second-order valence-electron chi connectivity index (χ2n) is 24.6. The van der Waals surface area contributed by atoms with Crippen LogP contribution in [0, 0.1) is 57.2 Å². The van der Waals surface area contributed by atoms with E-state index in [1.54, 1.807) is 16.7 Å². The average molecular weight is 1020 g/mol. The minimum atomic E-state index is -2.59. The van der Waals surface area contributed by atoms with Crippen molar-refractivity contribution in [2.24, 2.45) is 57.2 Å². The number of hydrogen-bond donors (Lipinski definition) is 2. The van der Waals surface area contributed by atoms with E-state index in [4.69, 9.17) is 0 Å². The maximum Gasteiger partial charge on any atom is 0.139 e. The summed E-state index contributed by atoms with van der Waals surface area (Å²) in [5.74, 6) is 4.73. The van der Waals surface area contributed by atoms with Crippen LogP contribution in [0.3, 0.4) is 0 Å². The maximum absolute atomic E-state index is 12.4. The van der Waals surface area contributed by atoms with Gasteiger partial charge in [0.25, 0.3) is 0 Å². The maximum atomic E-state index is 12.4. The van der Waals surface area contributed by atoms with Gasteiger partial charge in [0.15, 0.2) is 0 Å². The molecule has 3 aromatic rings. The van der Waals surface area contributed by atoms with Crippen molar-refractivity contribution < 1.29 is 15.0 Å². The van der Waals surface area contributed by atoms with Gasteiger partial charge in [-0.2, -0.15) is 0 Å². The number of ketones is 1. The van der Waals surface area contributed by atoms with Crippen molar-refractivity contribution in [1.82, 2.24) is 0 Å². The van der Waals surface area contributed by atoms with Gasteiger partial charge in [0.05, 0.1) is 11.2 Å². The summed E-state index contributed by atoms with van der Waals surface area (Å²) < 4.78 is 0. The van der Waals surface area contributed by atoms with Crippen LogP contribution in [0.25, 0.3) is 0 Å². The van der Waals surface area contributed by atoms with Crippen LogP contribution in [-0.2, 0) is 4.79 Å². The average Bonchev–Trinajstić information content (AvgIpc) is 3.84. The predicted octanol–water partition coefficient (Wildman–Crippen LogP) is 16.0. The zero-order chi connectivity index (χ0) is 47.7. The number of hydrogen-bond acceptors (Lipinski definition) is 3. The Hall–Kier alpha value is -2.62. The van der Waals surface area contributed by atoms with E-state index < -0.39 is 16.5 Å². The second kappa shape index (κ2) is 19.7. The number of carbonyl (C=O) groups is 1. The molecule has 378 valence electrons. The smallest absolute Gasteiger partial charge is 0.139 e. The Morgan fingerprint density at radius 1 is 0.565 bits per heavy atom. The first-order valence-electron chi connectivity index (χ1n) is 26.7. The topological polar surface area (TPSA) is 57.5 Å². The van der Waals surface area contributed by atoms with Gasteiger partial charge in [-0.3, -0.25) is 4.79 Å². The molecule has 6 saturated carbocycles. The van der Waals surface area contributed by atoms with Crippen molar-refractivity contribution in [3.05, 3.63) is 126 Å². The number of carbonyl (C=O) groups excluding carboxylic acids is 1. The van der Waals surface area contributed by atoms with Gasteiger partial charge in [0.1, 0.15) is 5.78 Å². The zero-order valence-electron chi connectivity index (χ0n) is 42.5. The molecule has 6 fully saturated rings. The van der Waals surface area contributed by atoms with E-state index in [2.05, 4.69) is 173 Å². The number of allylic oxidation sites excluding steroid dienone is 6. The van der Waals surface area contributed by atoms with Crippen LogP contribution >= 0.6 is 20.8 Å².